The first-order valence-electron chi connectivity index (χ1n) is 9.67. The quantitative estimate of drug-likeness (QED) is 0.545. The van der Waals surface area contributed by atoms with Gasteiger partial charge in [-0.25, -0.2) is 8.78 Å². The van der Waals surface area contributed by atoms with E-state index in [1.165, 1.54) is 31.7 Å². The minimum absolute atomic E-state index is 0.0725. The smallest absolute Gasteiger partial charge is 0.375 e. The van der Waals surface area contributed by atoms with E-state index >= 15 is 0 Å². The molecule has 0 unspecified atom stereocenters. The van der Waals surface area contributed by atoms with Crippen LogP contribution < -0.4 is 9.92 Å². The lowest BCUT2D eigenvalue weighted by Crippen LogP contribution is -2.55. The van der Waals surface area contributed by atoms with Gasteiger partial charge >= 0.3 is 8.56 Å². The largest absolute Gasteiger partial charge is 0.491 e. The molecule has 26 heavy (non-hydrogen) atoms. The third kappa shape index (κ3) is 5.27. The minimum atomic E-state index is -2.85. The van der Waals surface area contributed by atoms with E-state index in [4.69, 9.17) is 13.6 Å². The van der Waals surface area contributed by atoms with Crippen molar-refractivity contribution in [3.63, 3.8) is 0 Å². The Hall–Kier alpha value is -0.983. The van der Waals surface area contributed by atoms with Gasteiger partial charge in [-0.1, -0.05) is 51.5 Å². The van der Waals surface area contributed by atoms with Crippen molar-refractivity contribution in [2.24, 2.45) is 11.8 Å². The number of benzene rings is 1. The van der Waals surface area contributed by atoms with Crippen LogP contribution in [0.15, 0.2) is 18.2 Å². The van der Waals surface area contributed by atoms with Gasteiger partial charge < -0.3 is 13.6 Å². The predicted octanol–water partition coefficient (Wildman–Crippen LogP) is 4.72. The monoisotopic (exact) mass is 386 g/mol. The van der Waals surface area contributed by atoms with Gasteiger partial charge in [-0.15, -0.1) is 0 Å². The van der Waals surface area contributed by atoms with Crippen molar-refractivity contribution in [1.29, 1.82) is 0 Å². The van der Waals surface area contributed by atoms with Crippen molar-refractivity contribution in [3.05, 3.63) is 24.0 Å². The van der Waals surface area contributed by atoms with Crippen molar-refractivity contribution in [3.8, 4) is 5.75 Å². The van der Waals surface area contributed by atoms with Crippen LogP contribution in [-0.4, -0.2) is 36.1 Å². The number of ether oxygens (including phenoxy) is 1. The molecule has 6 heteroatoms. The summed E-state index contributed by atoms with van der Waals surface area (Å²) >= 11 is 0. The highest BCUT2D eigenvalue weighted by atomic mass is 28.4. The fraction of sp³-hybridized carbons (Fsp3) is 0.700. The van der Waals surface area contributed by atoms with E-state index in [9.17, 15) is 8.78 Å². The van der Waals surface area contributed by atoms with Crippen molar-refractivity contribution < 1.29 is 22.4 Å². The second-order valence-corrected chi connectivity index (χ2v) is 10.5. The molecule has 1 saturated carbocycles. The van der Waals surface area contributed by atoms with Crippen LogP contribution >= 0.6 is 0 Å². The average Bonchev–Trinajstić information content (AvgIpc) is 2.66. The SMILES string of the molecule is CCC[C@H]1CC[C@H](C[Si](OC)(OC)c2ccc(OCCF)cc2F)CC1. The van der Waals surface area contributed by atoms with E-state index in [1.807, 2.05) is 0 Å². The summed E-state index contributed by atoms with van der Waals surface area (Å²) in [4.78, 5) is 0. The summed E-state index contributed by atoms with van der Waals surface area (Å²) < 4.78 is 43.8. The highest BCUT2D eigenvalue weighted by Gasteiger charge is 2.43. The lowest BCUT2D eigenvalue weighted by atomic mass is 9.81. The number of alkyl halides is 1. The Morgan fingerprint density at radius 2 is 1.73 bits per heavy atom. The maximum absolute atomic E-state index is 14.8. The van der Waals surface area contributed by atoms with Crippen LogP contribution in [0.1, 0.15) is 45.4 Å². The van der Waals surface area contributed by atoms with Crippen molar-refractivity contribution >= 4 is 13.7 Å². The standard InChI is InChI=1S/C20H32F2O3Si/c1-4-5-16-6-8-17(9-7-16)15-26(23-2,24-3)20-11-10-18(14-19(20)22)25-13-12-21/h10-11,14,16-17H,4-9,12-13,15H2,1-3H3/t16-,17-. The molecule has 1 aromatic rings. The fourth-order valence-electron chi connectivity index (χ4n) is 4.14. The molecule has 2 rings (SSSR count). The number of rotatable bonds is 10. The summed E-state index contributed by atoms with van der Waals surface area (Å²) in [6, 6.07) is 5.43. The van der Waals surface area contributed by atoms with Crippen molar-refractivity contribution in [2.45, 2.75) is 51.5 Å². The van der Waals surface area contributed by atoms with Gasteiger partial charge in [-0.2, -0.15) is 0 Å². The highest BCUT2D eigenvalue weighted by Crippen LogP contribution is 2.36. The van der Waals surface area contributed by atoms with Crippen molar-refractivity contribution in [2.75, 3.05) is 27.5 Å². The minimum Gasteiger partial charge on any atom is -0.491 e. The summed E-state index contributed by atoms with van der Waals surface area (Å²) in [6.45, 7) is 1.57. The fourth-order valence-corrected chi connectivity index (χ4v) is 7.24. The zero-order valence-corrected chi connectivity index (χ0v) is 17.2. The number of halogens is 2. The molecule has 0 aromatic heterocycles. The Morgan fingerprint density at radius 3 is 2.27 bits per heavy atom. The first-order valence-corrected chi connectivity index (χ1v) is 11.7. The molecule has 148 valence electrons. The van der Waals surface area contributed by atoms with E-state index in [0.29, 0.717) is 16.9 Å². The first-order chi connectivity index (χ1) is 12.6. The molecular weight excluding hydrogens is 354 g/mol. The maximum atomic E-state index is 14.8. The zero-order chi connectivity index (χ0) is 19.0. The predicted molar refractivity (Wildman–Crippen MR) is 102 cm³/mol. The highest BCUT2D eigenvalue weighted by molar-refractivity contribution is 6.81. The molecule has 1 aliphatic carbocycles. The van der Waals surface area contributed by atoms with E-state index in [0.717, 1.165) is 24.8 Å². The topological polar surface area (TPSA) is 27.7 Å². The molecule has 1 fully saturated rings. The number of hydrogen-bond acceptors (Lipinski definition) is 3. The van der Waals surface area contributed by atoms with E-state index in [2.05, 4.69) is 6.92 Å². The van der Waals surface area contributed by atoms with Gasteiger partial charge in [0.1, 0.15) is 24.8 Å². The van der Waals surface area contributed by atoms with Gasteiger partial charge in [-0.05, 0) is 23.9 Å². The van der Waals surface area contributed by atoms with E-state index < -0.39 is 21.1 Å². The van der Waals surface area contributed by atoms with Gasteiger partial charge in [0.15, 0.2) is 0 Å². The Labute approximate surface area is 157 Å². The van der Waals surface area contributed by atoms with Crippen LogP contribution in [-0.2, 0) is 8.85 Å². The molecule has 0 radical (unpaired) electrons. The first kappa shape index (κ1) is 21.3. The van der Waals surface area contributed by atoms with Crippen LogP contribution in [0.3, 0.4) is 0 Å². The molecule has 3 nitrogen and oxygen atoms in total. The second-order valence-electron chi connectivity index (χ2n) is 7.22. The van der Waals surface area contributed by atoms with Crippen LogP contribution in [0.4, 0.5) is 8.78 Å². The number of hydrogen-bond donors (Lipinski definition) is 0. The van der Waals surface area contributed by atoms with Crippen LogP contribution in [0.5, 0.6) is 5.75 Å². The third-order valence-electron chi connectivity index (χ3n) is 5.58. The Kier molecular flexibility index (Phi) is 8.51. The molecule has 0 aliphatic heterocycles. The normalized spacial score (nSPS) is 21.0. The summed E-state index contributed by atoms with van der Waals surface area (Å²) in [5.74, 6) is 1.29. The second kappa shape index (κ2) is 10.4. The summed E-state index contributed by atoms with van der Waals surface area (Å²) in [6.07, 6.45) is 7.35. The van der Waals surface area contributed by atoms with E-state index in [-0.39, 0.29) is 6.61 Å². The molecule has 0 saturated heterocycles. The van der Waals surface area contributed by atoms with Crippen molar-refractivity contribution in [1.82, 2.24) is 0 Å². The summed E-state index contributed by atoms with van der Waals surface area (Å²) in [5.41, 5.74) is 0. The van der Waals surface area contributed by atoms with Crippen LogP contribution in [0.25, 0.3) is 0 Å². The third-order valence-corrected chi connectivity index (χ3v) is 9.24. The molecule has 1 aliphatic rings. The summed E-state index contributed by atoms with van der Waals surface area (Å²) in [7, 11) is 0.382. The Morgan fingerprint density at radius 1 is 1.08 bits per heavy atom. The lowest BCUT2D eigenvalue weighted by molar-refractivity contribution is 0.223. The van der Waals surface area contributed by atoms with Gasteiger partial charge in [0, 0.05) is 25.5 Å². The molecule has 0 heterocycles. The Balaban J connectivity index is 2.11. The average molecular weight is 387 g/mol. The van der Waals surface area contributed by atoms with Gasteiger partial charge in [-0.3, -0.25) is 0 Å². The molecule has 0 bridgehead atoms. The van der Waals surface area contributed by atoms with Gasteiger partial charge in [0.05, 0.1) is 0 Å². The molecule has 0 spiro atoms. The molecule has 1 aromatic carbocycles. The van der Waals surface area contributed by atoms with Gasteiger partial charge in [0.2, 0.25) is 0 Å². The molecule has 0 N–H and O–H groups in total. The molecular formula is C20H32F2O3Si. The van der Waals surface area contributed by atoms with Crippen LogP contribution in [0.2, 0.25) is 6.04 Å². The van der Waals surface area contributed by atoms with E-state index in [1.54, 1.807) is 26.4 Å². The maximum Gasteiger partial charge on any atom is 0.375 e. The Bertz CT molecular complexity index is 544. The van der Waals surface area contributed by atoms with Crippen LogP contribution in [0, 0.1) is 17.7 Å². The lowest BCUT2D eigenvalue weighted by Gasteiger charge is -2.35. The van der Waals surface area contributed by atoms with Gasteiger partial charge in [0.25, 0.3) is 0 Å². The summed E-state index contributed by atoms with van der Waals surface area (Å²) in [5, 5.41) is 0.505. The molecule has 0 atom stereocenters. The zero-order valence-electron chi connectivity index (χ0n) is 16.2. The molecule has 0 amide bonds.